The number of nitrogens with zero attached hydrogens (tertiary/aromatic N) is 1. The van der Waals surface area contributed by atoms with Gasteiger partial charge in [0.05, 0.1) is 0 Å². The molecular weight excluding hydrogens is 347 g/mol. The molecule has 0 aliphatic rings. The van der Waals surface area contributed by atoms with E-state index < -0.39 is 5.91 Å². The predicted octanol–water partition coefficient (Wildman–Crippen LogP) is 4.61. The van der Waals surface area contributed by atoms with Crippen LogP contribution >= 0.6 is 0 Å². The zero-order chi connectivity index (χ0) is 19.6. The normalized spacial score (nSPS) is 10.8. The third kappa shape index (κ3) is 3.69. The van der Waals surface area contributed by atoms with Crippen molar-refractivity contribution in [2.45, 2.75) is 20.8 Å². The number of anilines is 1. The Morgan fingerprint density at radius 1 is 1.11 bits per heavy atom. The SMILES string of the molecule is CCN(CC)C(=O)c1cccc(NC(=O)c2oc3ccc(F)cc3c2C)c1. The maximum Gasteiger partial charge on any atom is 0.291 e. The minimum Gasteiger partial charge on any atom is -0.451 e. The van der Waals surface area contributed by atoms with E-state index in [0.29, 0.717) is 40.9 Å². The number of furan rings is 1. The fourth-order valence-corrected chi connectivity index (χ4v) is 3.02. The average molecular weight is 368 g/mol. The van der Waals surface area contributed by atoms with E-state index in [2.05, 4.69) is 5.32 Å². The zero-order valence-electron chi connectivity index (χ0n) is 15.5. The molecule has 0 radical (unpaired) electrons. The Hall–Kier alpha value is -3.15. The standard InChI is InChI=1S/C21H21FN2O3/c1-4-24(5-2)21(26)14-7-6-8-16(11-14)23-20(25)19-13(3)17-12-15(22)9-10-18(17)27-19/h6-12H,4-5H2,1-3H3,(H,23,25). The molecule has 2 aromatic carbocycles. The Balaban J connectivity index is 1.86. The molecule has 1 N–H and O–H groups in total. The van der Waals surface area contributed by atoms with Crippen molar-refractivity contribution >= 4 is 28.5 Å². The summed E-state index contributed by atoms with van der Waals surface area (Å²) >= 11 is 0. The number of hydrogen-bond donors (Lipinski definition) is 1. The maximum absolute atomic E-state index is 13.4. The molecule has 0 fully saturated rings. The molecule has 0 aliphatic carbocycles. The molecule has 5 nitrogen and oxygen atoms in total. The molecular formula is C21H21FN2O3. The van der Waals surface area contributed by atoms with Gasteiger partial charge in [-0.25, -0.2) is 4.39 Å². The highest BCUT2D eigenvalue weighted by Crippen LogP contribution is 2.26. The van der Waals surface area contributed by atoms with Crippen LogP contribution in [0.4, 0.5) is 10.1 Å². The van der Waals surface area contributed by atoms with E-state index in [9.17, 15) is 14.0 Å². The Kier molecular flexibility index (Phi) is 5.26. The molecule has 0 spiro atoms. The van der Waals surface area contributed by atoms with Crippen molar-refractivity contribution in [3.63, 3.8) is 0 Å². The number of hydrogen-bond acceptors (Lipinski definition) is 3. The van der Waals surface area contributed by atoms with Crippen molar-refractivity contribution in [2.24, 2.45) is 0 Å². The van der Waals surface area contributed by atoms with Crippen molar-refractivity contribution in [1.29, 1.82) is 0 Å². The number of nitrogens with one attached hydrogen (secondary N) is 1. The Morgan fingerprint density at radius 2 is 1.85 bits per heavy atom. The van der Waals surface area contributed by atoms with E-state index in [1.165, 1.54) is 18.2 Å². The summed E-state index contributed by atoms with van der Waals surface area (Å²) in [6.07, 6.45) is 0. The van der Waals surface area contributed by atoms with Crippen molar-refractivity contribution in [1.82, 2.24) is 4.90 Å². The second-order valence-electron chi connectivity index (χ2n) is 6.21. The molecule has 3 aromatic rings. The van der Waals surface area contributed by atoms with Crippen LogP contribution < -0.4 is 5.32 Å². The highest BCUT2D eigenvalue weighted by Gasteiger charge is 2.19. The summed E-state index contributed by atoms with van der Waals surface area (Å²) in [7, 11) is 0. The molecule has 140 valence electrons. The topological polar surface area (TPSA) is 62.6 Å². The largest absolute Gasteiger partial charge is 0.451 e. The number of rotatable bonds is 5. The van der Waals surface area contributed by atoms with Gasteiger partial charge in [-0.3, -0.25) is 9.59 Å². The van der Waals surface area contributed by atoms with Crippen molar-refractivity contribution < 1.29 is 18.4 Å². The Labute approximate surface area is 156 Å². The van der Waals surface area contributed by atoms with Crippen molar-refractivity contribution in [3.8, 4) is 0 Å². The van der Waals surface area contributed by atoms with E-state index >= 15 is 0 Å². The molecule has 0 bridgehead atoms. The smallest absolute Gasteiger partial charge is 0.291 e. The summed E-state index contributed by atoms with van der Waals surface area (Å²) in [5.74, 6) is -0.805. The number of fused-ring (bicyclic) bond motifs is 1. The van der Waals surface area contributed by atoms with E-state index in [4.69, 9.17) is 4.42 Å². The molecule has 0 atom stereocenters. The van der Waals surface area contributed by atoms with Gasteiger partial charge in [-0.15, -0.1) is 0 Å². The molecule has 0 saturated heterocycles. The lowest BCUT2D eigenvalue weighted by atomic mass is 10.1. The minimum absolute atomic E-state index is 0.0912. The number of halogens is 1. The van der Waals surface area contributed by atoms with E-state index in [1.54, 1.807) is 36.1 Å². The van der Waals surface area contributed by atoms with Gasteiger partial charge in [-0.05, 0) is 57.2 Å². The minimum atomic E-state index is -0.448. The summed E-state index contributed by atoms with van der Waals surface area (Å²) in [4.78, 5) is 26.8. The van der Waals surface area contributed by atoms with Gasteiger partial charge in [0.1, 0.15) is 11.4 Å². The number of carbonyl (C=O) groups excluding carboxylic acids is 2. The first-order chi connectivity index (χ1) is 12.9. The first-order valence-corrected chi connectivity index (χ1v) is 8.84. The molecule has 1 heterocycles. The van der Waals surface area contributed by atoms with Crippen molar-refractivity contribution in [2.75, 3.05) is 18.4 Å². The van der Waals surface area contributed by atoms with Gasteiger partial charge in [0.2, 0.25) is 0 Å². The average Bonchev–Trinajstić information content (AvgIpc) is 2.99. The first-order valence-electron chi connectivity index (χ1n) is 8.84. The second-order valence-corrected chi connectivity index (χ2v) is 6.21. The van der Waals surface area contributed by atoms with Crippen molar-refractivity contribution in [3.05, 3.63) is 65.2 Å². The lowest BCUT2D eigenvalue weighted by molar-refractivity contribution is 0.0772. The van der Waals surface area contributed by atoms with Gasteiger partial charge >= 0.3 is 0 Å². The van der Waals surface area contributed by atoms with Gasteiger partial charge in [-0.1, -0.05) is 6.07 Å². The highest BCUT2D eigenvalue weighted by molar-refractivity contribution is 6.07. The summed E-state index contributed by atoms with van der Waals surface area (Å²) in [6, 6.07) is 10.9. The first kappa shape index (κ1) is 18.6. The Bertz CT molecular complexity index is 1010. The fourth-order valence-electron chi connectivity index (χ4n) is 3.02. The lowest BCUT2D eigenvalue weighted by Crippen LogP contribution is -2.30. The number of benzene rings is 2. The number of aryl methyl sites for hydroxylation is 1. The summed E-state index contributed by atoms with van der Waals surface area (Å²) < 4.78 is 19.0. The maximum atomic E-state index is 13.4. The van der Waals surface area contributed by atoms with Crippen LogP contribution in [0.1, 0.15) is 40.3 Å². The van der Waals surface area contributed by atoms with Crippen LogP contribution in [-0.2, 0) is 0 Å². The van der Waals surface area contributed by atoms with E-state index in [0.717, 1.165) is 0 Å². The summed E-state index contributed by atoms with van der Waals surface area (Å²) in [6.45, 7) is 6.77. The van der Waals surface area contributed by atoms with Gasteiger partial charge < -0.3 is 14.6 Å². The van der Waals surface area contributed by atoms with Crippen LogP contribution in [-0.4, -0.2) is 29.8 Å². The molecule has 2 amide bonds. The van der Waals surface area contributed by atoms with Crippen LogP contribution in [0.15, 0.2) is 46.9 Å². The molecule has 1 aromatic heterocycles. The molecule has 6 heteroatoms. The zero-order valence-corrected chi connectivity index (χ0v) is 15.5. The highest BCUT2D eigenvalue weighted by atomic mass is 19.1. The number of amides is 2. The van der Waals surface area contributed by atoms with Crippen LogP contribution in [0.5, 0.6) is 0 Å². The van der Waals surface area contributed by atoms with Crippen LogP contribution in [0, 0.1) is 12.7 Å². The van der Waals surface area contributed by atoms with Gasteiger partial charge in [-0.2, -0.15) is 0 Å². The molecule has 0 saturated carbocycles. The predicted molar refractivity (Wildman–Crippen MR) is 103 cm³/mol. The quantitative estimate of drug-likeness (QED) is 0.715. The van der Waals surface area contributed by atoms with Crippen LogP contribution in [0.3, 0.4) is 0 Å². The molecule has 0 aliphatic heterocycles. The molecule has 27 heavy (non-hydrogen) atoms. The molecule has 3 rings (SSSR count). The number of carbonyl (C=O) groups is 2. The van der Waals surface area contributed by atoms with Gasteiger partial charge in [0, 0.05) is 35.3 Å². The third-order valence-electron chi connectivity index (χ3n) is 4.52. The summed E-state index contributed by atoms with van der Waals surface area (Å²) in [5.41, 5.74) is 2.01. The van der Waals surface area contributed by atoms with Crippen LogP contribution in [0.25, 0.3) is 11.0 Å². The van der Waals surface area contributed by atoms with E-state index in [1.807, 2.05) is 13.8 Å². The van der Waals surface area contributed by atoms with Crippen LogP contribution in [0.2, 0.25) is 0 Å². The van der Waals surface area contributed by atoms with E-state index in [-0.39, 0.29) is 17.5 Å². The lowest BCUT2D eigenvalue weighted by Gasteiger charge is -2.18. The summed E-state index contributed by atoms with van der Waals surface area (Å²) in [5, 5.41) is 3.31. The Morgan fingerprint density at radius 3 is 2.56 bits per heavy atom. The second kappa shape index (κ2) is 7.61. The fraction of sp³-hybridized carbons (Fsp3) is 0.238. The third-order valence-corrected chi connectivity index (χ3v) is 4.52. The van der Waals surface area contributed by atoms with Gasteiger partial charge in [0.25, 0.3) is 11.8 Å². The monoisotopic (exact) mass is 368 g/mol. The molecule has 0 unspecified atom stereocenters. The van der Waals surface area contributed by atoms with Gasteiger partial charge in [0.15, 0.2) is 5.76 Å².